The fraction of sp³-hybridized carbons (Fsp3) is 0.471. The van der Waals surface area contributed by atoms with Crippen LogP contribution < -0.4 is 0 Å². The molecule has 2 aromatic rings. The lowest BCUT2D eigenvalue weighted by molar-refractivity contribution is 0.627. The van der Waals surface area contributed by atoms with Gasteiger partial charge >= 0.3 is 0 Å². The van der Waals surface area contributed by atoms with Crippen molar-refractivity contribution in [2.45, 2.75) is 50.9 Å². The van der Waals surface area contributed by atoms with E-state index in [9.17, 15) is 0 Å². The van der Waals surface area contributed by atoms with E-state index < -0.39 is 0 Å². The first-order valence-electron chi connectivity index (χ1n) is 7.56. The summed E-state index contributed by atoms with van der Waals surface area (Å²) in [7, 11) is 0. The summed E-state index contributed by atoms with van der Waals surface area (Å²) in [5.41, 5.74) is 4.67. The van der Waals surface area contributed by atoms with Gasteiger partial charge in [0.2, 0.25) is 0 Å². The van der Waals surface area contributed by atoms with Gasteiger partial charge < -0.3 is 0 Å². The molecule has 0 unspecified atom stereocenters. The second-order valence-electron chi connectivity index (χ2n) is 5.85. The molecule has 2 nitrogen and oxygen atoms in total. The van der Waals surface area contributed by atoms with Crippen LogP contribution in [0.2, 0.25) is 5.15 Å². The van der Waals surface area contributed by atoms with Crippen molar-refractivity contribution in [2.75, 3.05) is 0 Å². The Labute approximate surface area is 136 Å². The predicted molar refractivity (Wildman–Crippen MR) is 88.3 cm³/mol. The van der Waals surface area contributed by atoms with Gasteiger partial charge in [0.15, 0.2) is 0 Å². The van der Waals surface area contributed by atoms with Crippen LogP contribution >= 0.6 is 23.2 Å². The largest absolute Gasteiger partial charge is 0.249 e. The highest BCUT2D eigenvalue weighted by Crippen LogP contribution is 2.38. The van der Waals surface area contributed by atoms with Crippen molar-refractivity contribution in [3.05, 3.63) is 51.8 Å². The molecule has 0 radical (unpaired) electrons. The van der Waals surface area contributed by atoms with E-state index in [4.69, 9.17) is 28.3 Å². The van der Waals surface area contributed by atoms with E-state index in [0.717, 1.165) is 11.3 Å². The summed E-state index contributed by atoms with van der Waals surface area (Å²) in [6, 6.07) is 8.35. The van der Waals surface area contributed by atoms with E-state index in [-0.39, 0.29) is 0 Å². The van der Waals surface area contributed by atoms with Crippen LogP contribution in [-0.2, 0) is 12.4 Å². The van der Waals surface area contributed by atoms with Gasteiger partial charge in [-0.25, -0.2) is 4.68 Å². The van der Waals surface area contributed by atoms with Crippen LogP contribution in [0.25, 0.3) is 0 Å². The van der Waals surface area contributed by atoms with E-state index in [1.807, 2.05) is 4.68 Å². The molecule has 3 rings (SSSR count). The maximum Gasteiger partial charge on any atom is 0.132 e. The highest BCUT2D eigenvalue weighted by Gasteiger charge is 2.25. The quantitative estimate of drug-likeness (QED) is 0.699. The molecular formula is C17H20Cl2N2. The zero-order chi connectivity index (χ0) is 14.8. The molecule has 1 aromatic heterocycles. The minimum Gasteiger partial charge on any atom is -0.249 e. The van der Waals surface area contributed by atoms with Crippen molar-refractivity contribution in [3.63, 3.8) is 0 Å². The van der Waals surface area contributed by atoms with Crippen molar-refractivity contribution in [2.24, 2.45) is 0 Å². The normalized spacial score (nSPS) is 15.8. The lowest BCUT2D eigenvalue weighted by Crippen LogP contribution is -2.04. The molecular weight excluding hydrogens is 303 g/mol. The molecule has 1 aliphatic carbocycles. The summed E-state index contributed by atoms with van der Waals surface area (Å²) in [4.78, 5) is 0. The average molecular weight is 323 g/mol. The van der Waals surface area contributed by atoms with Gasteiger partial charge in [-0.1, -0.05) is 48.7 Å². The fourth-order valence-electron chi connectivity index (χ4n) is 3.20. The van der Waals surface area contributed by atoms with Crippen LogP contribution in [0.15, 0.2) is 24.3 Å². The number of hydrogen-bond acceptors (Lipinski definition) is 1. The minimum absolute atomic E-state index is 0.443. The maximum absolute atomic E-state index is 6.53. The molecule has 0 aliphatic heterocycles. The molecule has 0 saturated heterocycles. The molecule has 21 heavy (non-hydrogen) atoms. The molecule has 0 atom stereocenters. The van der Waals surface area contributed by atoms with Gasteiger partial charge in [-0.15, -0.1) is 11.6 Å². The molecule has 0 bridgehead atoms. The molecule has 1 aliphatic rings. The van der Waals surface area contributed by atoms with Gasteiger partial charge in [-0.2, -0.15) is 5.10 Å². The third-order valence-electron chi connectivity index (χ3n) is 4.47. The van der Waals surface area contributed by atoms with Gasteiger partial charge in [-0.3, -0.25) is 0 Å². The van der Waals surface area contributed by atoms with Crippen LogP contribution in [0.3, 0.4) is 0 Å². The summed E-state index contributed by atoms with van der Waals surface area (Å²) in [6.07, 6.45) is 4.99. The zero-order valence-electron chi connectivity index (χ0n) is 12.3. The molecule has 1 saturated carbocycles. The molecule has 0 N–H and O–H groups in total. The van der Waals surface area contributed by atoms with Crippen LogP contribution in [-0.4, -0.2) is 9.78 Å². The minimum atomic E-state index is 0.443. The number of alkyl halides is 1. The van der Waals surface area contributed by atoms with Crippen molar-refractivity contribution in [1.29, 1.82) is 0 Å². The second-order valence-corrected chi connectivity index (χ2v) is 6.48. The summed E-state index contributed by atoms with van der Waals surface area (Å²) in [5, 5.41) is 5.50. The van der Waals surface area contributed by atoms with Crippen molar-refractivity contribution in [3.8, 4) is 0 Å². The topological polar surface area (TPSA) is 17.8 Å². The Morgan fingerprint density at radius 3 is 2.62 bits per heavy atom. The Balaban J connectivity index is 1.94. The smallest absolute Gasteiger partial charge is 0.132 e. The third kappa shape index (κ3) is 2.97. The van der Waals surface area contributed by atoms with Crippen LogP contribution in [0.4, 0.5) is 0 Å². The van der Waals surface area contributed by atoms with Gasteiger partial charge in [0.05, 0.1) is 18.1 Å². The first kappa shape index (κ1) is 14.9. The molecule has 0 spiro atoms. The number of aromatic nitrogens is 2. The van der Waals surface area contributed by atoms with Crippen LogP contribution in [0.5, 0.6) is 0 Å². The molecule has 112 valence electrons. The molecule has 1 fully saturated rings. The predicted octanol–water partition coefficient (Wildman–Crippen LogP) is 5.29. The third-order valence-corrected chi connectivity index (χ3v) is 5.16. The monoisotopic (exact) mass is 322 g/mol. The Kier molecular flexibility index (Phi) is 4.56. The first-order chi connectivity index (χ1) is 10.2. The van der Waals surface area contributed by atoms with E-state index in [1.165, 1.54) is 36.8 Å². The highest BCUT2D eigenvalue weighted by molar-refractivity contribution is 6.31. The van der Waals surface area contributed by atoms with Crippen LogP contribution in [0.1, 0.15) is 54.0 Å². The van der Waals surface area contributed by atoms with E-state index in [0.29, 0.717) is 23.5 Å². The molecule has 4 heteroatoms. The average Bonchev–Trinajstić information content (AvgIpc) is 3.10. The zero-order valence-corrected chi connectivity index (χ0v) is 13.8. The van der Waals surface area contributed by atoms with Crippen molar-refractivity contribution in [1.82, 2.24) is 9.78 Å². The maximum atomic E-state index is 6.53. The second kappa shape index (κ2) is 6.41. The molecule has 1 aromatic carbocycles. The Bertz CT molecular complexity index is 628. The van der Waals surface area contributed by atoms with Gasteiger partial charge in [0.1, 0.15) is 5.15 Å². The number of hydrogen-bond donors (Lipinski definition) is 0. The highest BCUT2D eigenvalue weighted by atomic mass is 35.5. The standard InChI is InChI=1S/C17H20Cl2N2/c1-12-6-2-3-9-14(12)11-21-17(19)15(10-18)16(20-21)13-7-4-5-8-13/h2-3,6,9,13H,4-5,7-8,10-11H2,1H3. The SMILES string of the molecule is Cc1ccccc1Cn1nc(C2CCCC2)c(CCl)c1Cl. The summed E-state index contributed by atoms with van der Waals surface area (Å²) >= 11 is 12.7. The lowest BCUT2D eigenvalue weighted by Gasteiger charge is -2.07. The fourth-order valence-corrected chi connectivity index (χ4v) is 3.79. The number of aryl methyl sites for hydroxylation is 1. The van der Waals surface area contributed by atoms with Crippen LogP contribution in [0, 0.1) is 6.92 Å². The Morgan fingerprint density at radius 2 is 1.95 bits per heavy atom. The molecule has 1 heterocycles. The van der Waals surface area contributed by atoms with E-state index in [1.54, 1.807) is 0 Å². The Hall–Kier alpha value is -0.990. The van der Waals surface area contributed by atoms with Gasteiger partial charge in [0, 0.05) is 11.5 Å². The first-order valence-corrected chi connectivity index (χ1v) is 8.47. The number of nitrogens with zero attached hydrogens (tertiary/aromatic N) is 2. The summed E-state index contributed by atoms with van der Waals surface area (Å²) in [5.74, 6) is 0.979. The number of halogens is 2. The summed E-state index contributed by atoms with van der Waals surface area (Å²) < 4.78 is 1.91. The number of benzene rings is 1. The van der Waals surface area contributed by atoms with Gasteiger partial charge in [0.25, 0.3) is 0 Å². The molecule has 0 amide bonds. The van der Waals surface area contributed by atoms with E-state index >= 15 is 0 Å². The van der Waals surface area contributed by atoms with Crippen molar-refractivity contribution < 1.29 is 0 Å². The van der Waals surface area contributed by atoms with E-state index in [2.05, 4.69) is 31.2 Å². The lowest BCUT2D eigenvalue weighted by atomic mass is 10.0. The number of rotatable bonds is 4. The summed E-state index contributed by atoms with van der Waals surface area (Å²) in [6.45, 7) is 2.83. The van der Waals surface area contributed by atoms with Gasteiger partial charge in [-0.05, 0) is 30.9 Å². The van der Waals surface area contributed by atoms with Crippen molar-refractivity contribution >= 4 is 23.2 Å². The Morgan fingerprint density at radius 1 is 1.24 bits per heavy atom.